The third-order valence-electron chi connectivity index (χ3n) is 3.12. The molecule has 0 spiro atoms. The lowest BCUT2D eigenvalue weighted by Gasteiger charge is -2.18. The van der Waals surface area contributed by atoms with Crippen LogP contribution in [0.3, 0.4) is 0 Å². The first-order chi connectivity index (χ1) is 13.1. The van der Waals surface area contributed by atoms with Gasteiger partial charge in [-0.2, -0.15) is 0 Å². The van der Waals surface area contributed by atoms with Crippen molar-refractivity contribution in [2.24, 2.45) is 0 Å². The van der Waals surface area contributed by atoms with Crippen LogP contribution in [0.15, 0.2) is 60.7 Å². The quantitative estimate of drug-likeness (QED) is 0.463. The second-order valence-electron chi connectivity index (χ2n) is 4.88. The summed E-state index contributed by atoms with van der Waals surface area (Å²) in [6.45, 7) is 9.77. The molecular weight excluding hydrogens is 361 g/mol. The van der Waals surface area contributed by atoms with E-state index >= 15 is 0 Å². The Balaban J connectivity index is 0.00000158. The van der Waals surface area contributed by atoms with Gasteiger partial charge in [-0.25, -0.2) is 5.09 Å². The van der Waals surface area contributed by atoms with E-state index in [0.717, 1.165) is 5.56 Å². The normalized spacial score (nSPS) is 11.6. The number of esters is 1. The molecule has 2 rings (SSSR count). The smallest absolute Gasteiger partial charge is 0.320 e. The average molecular weight is 393 g/mol. The maximum Gasteiger partial charge on any atom is 0.320 e. The molecule has 2 aromatic carbocycles. The number of benzene rings is 2. The maximum absolute atomic E-state index is 12.6. The van der Waals surface area contributed by atoms with Gasteiger partial charge in [-0.05, 0) is 17.7 Å². The number of ether oxygens (including phenoxy) is 1. The fraction of sp³-hybridized carbons (Fsp3) is 0.381. The van der Waals surface area contributed by atoms with Crippen molar-refractivity contribution >= 4 is 13.5 Å². The Bertz CT molecular complexity index is 662. The molecule has 0 aliphatic carbocycles. The second kappa shape index (κ2) is 15.0. The molecule has 2 aromatic rings. The van der Waals surface area contributed by atoms with Gasteiger partial charge in [0.05, 0.1) is 0 Å². The average Bonchev–Trinajstić information content (AvgIpc) is 2.75. The van der Waals surface area contributed by atoms with Crippen molar-refractivity contribution in [1.82, 2.24) is 5.09 Å². The molecule has 0 bridgehead atoms. The second-order valence-corrected chi connectivity index (χ2v) is 7.35. The molecule has 6 heteroatoms. The molecule has 0 aliphatic rings. The van der Waals surface area contributed by atoms with Gasteiger partial charge in [0.2, 0.25) is 0 Å². The standard InChI is InChI=1S/C17H20NO4P.2C2H6/c1-2-23(20,22-16-11-7-4-8-12-16)18-13-17(19)21-14-15-9-5-3-6-10-15;2*1-2/h3-12H,2,13-14H2,1H3,(H,18,20);2*1-2H3. The Morgan fingerprint density at radius 3 is 1.96 bits per heavy atom. The summed E-state index contributed by atoms with van der Waals surface area (Å²) >= 11 is 0. The molecule has 0 fully saturated rings. The molecule has 0 aliphatic heterocycles. The molecule has 0 heterocycles. The minimum atomic E-state index is -3.12. The van der Waals surface area contributed by atoms with E-state index in [9.17, 15) is 9.36 Å². The van der Waals surface area contributed by atoms with Crippen LogP contribution in [-0.2, 0) is 20.7 Å². The molecule has 0 saturated heterocycles. The fourth-order valence-electron chi connectivity index (χ4n) is 1.83. The third-order valence-corrected chi connectivity index (χ3v) is 5.10. The summed E-state index contributed by atoms with van der Waals surface area (Å²) < 4.78 is 23.2. The van der Waals surface area contributed by atoms with E-state index in [4.69, 9.17) is 9.26 Å². The van der Waals surface area contributed by atoms with Crippen LogP contribution in [0.25, 0.3) is 0 Å². The molecule has 0 aromatic heterocycles. The number of nitrogens with one attached hydrogen (secondary N) is 1. The van der Waals surface area contributed by atoms with Gasteiger partial charge in [0.15, 0.2) is 0 Å². The van der Waals surface area contributed by atoms with Gasteiger partial charge in [-0.3, -0.25) is 9.36 Å². The third kappa shape index (κ3) is 10.6. The highest BCUT2D eigenvalue weighted by molar-refractivity contribution is 7.57. The van der Waals surface area contributed by atoms with E-state index in [-0.39, 0.29) is 19.3 Å². The first-order valence-corrected chi connectivity index (χ1v) is 11.2. The Morgan fingerprint density at radius 1 is 0.926 bits per heavy atom. The number of para-hydroxylation sites is 1. The number of hydrogen-bond donors (Lipinski definition) is 1. The molecule has 5 nitrogen and oxygen atoms in total. The summed E-state index contributed by atoms with van der Waals surface area (Å²) in [6, 6.07) is 18.3. The fourth-order valence-corrected chi connectivity index (χ4v) is 3.08. The Labute approximate surface area is 163 Å². The molecule has 0 saturated carbocycles. The minimum Gasteiger partial charge on any atom is -0.460 e. The largest absolute Gasteiger partial charge is 0.460 e. The Hall–Kier alpha value is -2.10. The van der Waals surface area contributed by atoms with Gasteiger partial charge in [0.25, 0.3) is 0 Å². The van der Waals surface area contributed by atoms with Gasteiger partial charge in [-0.15, -0.1) is 0 Å². The van der Waals surface area contributed by atoms with Crippen LogP contribution >= 0.6 is 7.52 Å². The SMILES string of the molecule is CC.CC.CCP(=O)(NCC(=O)OCc1ccccc1)Oc1ccccc1. The molecule has 0 radical (unpaired) electrons. The summed E-state index contributed by atoms with van der Waals surface area (Å²) in [5.41, 5.74) is 0.903. The van der Waals surface area contributed by atoms with Gasteiger partial charge in [0, 0.05) is 6.16 Å². The predicted molar refractivity (Wildman–Crippen MR) is 112 cm³/mol. The van der Waals surface area contributed by atoms with Crippen molar-refractivity contribution in [2.75, 3.05) is 12.7 Å². The Kier molecular flexibility index (Phi) is 13.8. The lowest BCUT2D eigenvalue weighted by Crippen LogP contribution is -2.25. The monoisotopic (exact) mass is 393 g/mol. The summed E-state index contributed by atoms with van der Waals surface area (Å²) in [5.74, 6) is 0.0297. The van der Waals surface area contributed by atoms with Crippen LogP contribution < -0.4 is 9.61 Å². The summed E-state index contributed by atoms with van der Waals surface area (Å²) in [7, 11) is -3.12. The number of rotatable bonds is 8. The number of carbonyl (C=O) groups excluding carboxylic acids is 1. The van der Waals surface area contributed by atoms with E-state index in [1.54, 1.807) is 31.2 Å². The number of carbonyl (C=O) groups is 1. The maximum atomic E-state index is 12.6. The zero-order valence-electron chi connectivity index (χ0n) is 17.0. The van der Waals surface area contributed by atoms with Crippen LogP contribution in [0.2, 0.25) is 0 Å². The van der Waals surface area contributed by atoms with Crippen molar-refractivity contribution in [2.45, 2.75) is 41.2 Å². The van der Waals surface area contributed by atoms with Crippen molar-refractivity contribution < 1.29 is 18.6 Å². The van der Waals surface area contributed by atoms with E-state index in [0.29, 0.717) is 5.75 Å². The summed E-state index contributed by atoms with van der Waals surface area (Å²) in [6.07, 6.45) is 0.272. The minimum absolute atomic E-state index is 0.162. The van der Waals surface area contributed by atoms with Gasteiger partial charge < -0.3 is 9.26 Å². The van der Waals surface area contributed by atoms with Crippen molar-refractivity contribution in [3.8, 4) is 5.75 Å². The van der Waals surface area contributed by atoms with Gasteiger partial charge in [-0.1, -0.05) is 83.1 Å². The first kappa shape index (κ1) is 24.9. The molecule has 0 amide bonds. The van der Waals surface area contributed by atoms with Crippen molar-refractivity contribution in [1.29, 1.82) is 0 Å². The van der Waals surface area contributed by atoms with Crippen LogP contribution in [0.5, 0.6) is 5.75 Å². The topological polar surface area (TPSA) is 64.6 Å². The lowest BCUT2D eigenvalue weighted by atomic mass is 10.2. The Morgan fingerprint density at radius 2 is 1.44 bits per heavy atom. The zero-order valence-corrected chi connectivity index (χ0v) is 17.9. The van der Waals surface area contributed by atoms with Gasteiger partial charge >= 0.3 is 13.5 Å². The van der Waals surface area contributed by atoms with Crippen LogP contribution in [0.4, 0.5) is 0 Å². The molecular formula is C21H32NO4P. The van der Waals surface area contributed by atoms with Crippen LogP contribution in [0, 0.1) is 0 Å². The molecule has 1 atom stereocenters. The van der Waals surface area contributed by atoms with Crippen molar-refractivity contribution in [3.05, 3.63) is 66.2 Å². The predicted octanol–water partition coefficient (Wildman–Crippen LogP) is 5.66. The summed E-state index contributed by atoms with van der Waals surface area (Å²) in [5, 5.41) is 2.69. The molecule has 27 heavy (non-hydrogen) atoms. The van der Waals surface area contributed by atoms with Crippen LogP contribution in [-0.4, -0.2) is 18.7 Å². The highest BCUT2D eigenvalue weighted by Gasteiger charge is 2.23. The molecule has 1 unspecified atom stereocenters. The number of hydrogen-bond acceptors (Lipinski definition) is 4. The van der Waals surface area contributed by atoms with E-state index < -0.39 is 13.5 Å². The van der Waals surface area contributed by atoms with Crippen LogP contribution in [0.1, 0.15) is 40.2 Å². The highest BCUT2D eigenvalue weighted by atomic mass is 31.2. The molecule has 150 valence electrons. The summed E-state index contributed by atoms with van der Waals surface area (Å²) in [4.78, 5) is 11.8. The zero-order chi connectivity index (χ0) is 20.5. The lowest BCUT2D eigenvalue weighted by molar-refractivity contribution is -0.143. The van der Waals surface area contributed by atoms with Gasteiger partial charge in [0.1, 0.15) is 18.9 Å². The van der Waals surface area contributed by atoms with Crippen molar-refractivity contribution in [3.63, 3.8) is 0 Å². The highest BCUT2D eigenvalue weighted by Crippen LogP contribution is 2.42. The molecule has 1 N–H and O–H groups in total. The van der Waals surface area contributed by atoms with E-state index in [1.807, 2.05) is 64.1 Å². The van der Waals surface area contributed by atoms with E-state index in [2.05, 4.69) is 5.09 Å². The van der Waals surface area contributed by atoms with E-state index in [1.165, 1.54) is 0 Å². The first-order valence-electron chi connectivity index (χ1n) is 9.40.